The molecule has 0 amide bonds. The average Bonchev–Trinajstić information content (AvgIpc) is 2.38. The van der Waals surface area contributed by atoms with Gasteiger partial charge in [-0.05, 0) is 23.8 Å². The molecule has 5 heteroatoms. The minimum atomic E-state index is -1.15. The molecule has 0 aromatic heterocycles. The smallest absolute Gasteiger partial charge is 0.328 e. The van der Waals surface area contributed by atoms with Crippen molar-refractivity contribution in [3.05, 3.63) is 47.3 Å². The van der Waals surface area contributed by atoms with Crippen molar-refractivity contribution in [3.63, 3.8) is 0 Å². The summed E-state index contributed by atoms with van der Waals surface area (Å²) < 4.78 is 17.9. The molecule has 1 aromatic carbocycles. The highest BCUT2D eigenvalue weighted by Crippen LogP contribution is 2.14. The van der Waals surface area contributed by atoms with Crippen molar-refractivity contribution in [2.45, 2.75) is 6.42 Å². The average molecular weight is 264 g/mol. The van der Waals surface area contributed by atoms with Crippen LogP contribution in [0, 0.1) is 5.82 Å². The van der Waals surface area contributed by atoms with Gasteiger partial charge in [0.2, 0.25) is 0 Å². The van der Waals surface area contributed by atoms with Crippen molar-refractivity contribution in [3.8, 4) is 0 Å². The number of hydrogen-bond acceptors (Lipinski definition) is 3. The van der Waals surface area contributed by atoms with E-state index in [1.165, 1.54) is 31.4 Å². The van der Waals surface area contributed by atoms with E-state index in [0.29, 0.717) is 5.56 Å². The maximum Gasteiger partial charge on any atom is 0.328 e. The number of benzene rings is 1. The van der Waals surface area contributed by atoms with E-state index in [9.17, 15) is 14.0 Å². The Labute approximate surface area is 109 Å². The van der Waals surface area contributed by atoms with Gasteiger partial charge in [-0.1, -0.05) is 18.2 Å². The quantitative estimate of drug-likeness (QED) is 0.655. The molecule has 0 saturated heterocycles. The fraction of sp³-hybridized carbons (Fsp3) is 0.143. The summed E-state index contributed by atoms with van der Waals surface area (Å²) in [4.78, 5) is 21.3. The van der Waals surface area contributed by atoms with Crippen LogP contribution < -0.4 is 0 Å². The first kappa shape index (κ1) is 14.6. The van der Waals surface area contributed by atoms with Crippen LogP contribution in [0.2, 0.25) is 0 Å². The van der Waals surface area contributed by atoms with Gasteiger partial charge in [-0.3, -0.25) is 4.79 Å². The largest absolute Gasteiger partial charge is 0.478 e. The first-order valence-electron chi connectivity index (χ1n) is 5.47. The molecule has 1 aromatic rings. The zero-order valence-electron chi connectivity index (χ0n) is 10.3. The Bertz CT molecular complexity index is 532. The molecule has 4 nitrogen and oxygen atoms in total. The number of carbonyl (C=O) groups excluding carboxylic acids is 1. The van der Waals surface area contributed by atoms with Gasteiger partial charge in [0.25, 0.3) is 0 Å². The Hall–Kier alpha value is -2.43. The predicted octanol–water partition coefficient (Wildman–Crippen LogP) is 2.50. The Morgan fingerprint density at radius 1 is 1.37 bits per heavy atom. The van der Waals surface area contributed by atoms with Crippen molar-refractivity contribution in [1.82, 2.24) is 0 Å². The minimum absolute atomic E-state index is 0.119. The van der Waals surface area contributed by atoms with Gasteiger partial charge >= 0.3 is 11.9 Å². The number of carbonyl (C=O) groups is 2. The number of rotatable bonds is 5. The number of esters is 1. The van der Waals surface area contributed by atoms with Crippen LogP contribution in [0.4, 0.5) is 4.39 Å². The van der Waals surface area contributed by atoms with Gasteiger partial charge in [0.05, 0.1) is 13.5 Å². The molecule has 1 N–H and O–H groups in total. The van der Waals surface area contributed by atoms with Gasteiger partial charge < -0.3 is 9.84 Å². The Morgan fingerprint density at radius 2 is 2.11 bits per heavy atom. The summed E-state index contributed by atoms with van der Waals surface area (Å²) in [5.74, 6) is -2.03. The third kappa shape index (κ3) is 5.16. The van der Waals surface area contributed by atoms with Crippen LogP contribution in [-0.4, -0.2) is 24.2 Å². The van der Waals surface area contributed by atoms with E-state index < -0.39 is 11.8 Å². The molecule has 1 rings (SSSR count). The van der Waals surface area contributed by atoms with E-state index in [0.717, 1.165) is 6.08 Å². The number of carboxylic acids is 1. The van der Waals surface area contributed by atoms with Crippen LogP contribution in [0.5, 0.6) is 0 Å². The van der Waals surface area contributed by atoms with Crippen LogP contribution in [0.1, 0.15) is 17.5 Å². The molecular weight excluding hydrogens is 251 g/mol. The van der Waals surface area contributed by atoms with Gasteiger partial charge in [0.1, 0.15) is 5.82 Å². The van der Waals surface area contributed by atoms with E-state index in [1.807, 2.05) is 0 Å². The number of ether oxygens (including phenoxy) is 1. The third-order valence-corrected chi connectivity index (χ3v) is 2.25. The molecule has 100 valence electrons. The number of aliphatic carboxylic acids is 1. The van der Waals surface area contributed by atoms with Gasteiger partial charge in [0, 0.05) is 11.6 Å². The molecule has 0 radical (unpaired) electrons. The zero-order valence-corrected chi connectivity index (χ0v) is 10.3. The van der Waals surface area contributed by atoms with Crippen molar-refractivity contribution in [2.75, 3.05) is 7.11 Å². The highest BCUT2D eigenvalue weighted by atomic mass is 19.1. The first-order chi connectivity index (χ1) is 9.02. The van der Waals surface area contributed by atoms with E-state index in [1.54, 1.807) is 12.2 Å². The Kier molecular flexibility index (Phi) is 5.47. The van der Waals surface area contributed by atoms with E-state index in [-0.39, 0.29) is 18.0 Å². The highest BCUT2D eigenvalue weighted by Gasteiger charge is 2.00. The second kappa shape index (κ2) is 7.10. The number of carboxylic acid groups (broad SMARTS) is 1. The van der Waals surface area contributed by atoms with E-state index in [4.69, 9.17) is 5.11 Å². The fourth-order valence-electron chi connectivity index (χ4n) is 1.33. The fourth-order valence-corrected chi connectivity index (χ4v) is 1.33. The maximum absolute atomic E-state index is 13.4. The summed E-state index contributed by atoms with van der Waals surface area (Å²) in [6.07, 6.45) is 5.38. The van der Waals surface area contributed by atoms with Crippen LogP contribution in [-0.2, 0) is 14.3 Å². The molecule has 19 heavy (non-hydrogen) atoms. The standard InChI is InChI=1S/C14H13FO4/c1-19-14(18)4-2-3-10-5-7-12(15)11(9-10)6-8-13(16)17/h2-3,5-9H,4H2,1H3,(H,16,17)/b3-2?,8-6+. The molecule has 0 unspecified atom stereocenters. The van der Waals surface area contributed by atoms with Crippen LogP contribution >= 0.6 is 0 Å². The normalized spacial score (nSPS) is 11.1. The van der Waals surface area contributed by atoms with Crippen molar-refractivity contribution in [1.29, 1.82) is 0 Å². The molecule has 0 aliphatic heterocycles. The summed E-state index contributed by atoms with van der Waals surface area (Å²) in [7, 11) is 1.29. The highest BCUT2D eigenvalue weighted by molar-refractivity contribution is 5.85. The molecule has 0 atom stereocenters. The molecule has 0 bridgehead atoms. The van der Waals surface area contributed by atoms with Crippen LogP contribution in [0.15, 0.2) is 30.4 Å². The van der Waals surface area contributed by atoms with Crippen LogP contribution in [0.25, 0.3) is 12.2 Å². The summed E-state index contributed by atoms with van der Waals surface area (Å²) in [6, 6.07) is 4.25. The predicted molar refractivity (Wildman–Crippen MR) is 68.7 cm³/mol. The topological polar surface area (TPSA) is 63.6 Å². The first-order valence-corrected chi connectivity index (χ1v) is 5.47. The monoisotopic (exact) mass is 264 g/mol. The summed E-state index contributed by atoms with van der Waals surface area (Å²) in [5, 5.41) is 8.49. The molecule has 0 aliphatic rings. The molecular formula is C14H13FO4. The lowest BCUT2D eigenvalue weighted by atomic mass is 10.1. The molecule has 0 heterocycles. The third-order valence-electron chi connectivity index (χ3n) is 2.25. The SMILES string of the molecule is COC(=O)CC=Cc1ccc(F)c(/C=C/C(=O)O)c1. The Balaban J connectivity index is 2.84. The van der Waals surface area contributed by atoms with E-state index in [2.05, 4.69) is 4.74 Å². The number of halogens is 1. The van der Waals surface area contributed by atoms with Crippen LogP contribution in [0.3, 0.4) is 0 Å². The summed E-state index contributed by atoms with van der Waals surface area (Å²) >= 11 is 0. The van der Waals surface area contributed by atoms with E-state index >= 15 is 0 Å². The van der Waals surface area contributed by atoms with Gasteiger partial charge in [-0.25, -0.2) is 9.18 Å². The molecule has 0 aliphatic carbocycles. The van der Waals surface area contributed by atoms with Crippen molar-refractivity contribution in [2.24, 2.45) is 0 Å². The molecule has 0 fully saturated rings. The lowest BCUT2D eigenvalue weighted by molar-refractivity contribution is -0.139. The number of hydrogen-bond donors (Lipinski definition) is 1. The van der Waals surface area contributed by atoms with Crippen molar-refractivity contribution >= 4 is 24.1 Å². The molecule has 0 saturated carbocycles. The maximum atomic E-state index is 13.4. The van der Waals surface area contributed by atoms with Gasteiger partial charge in [-0.2, -0.15) is 0 Å². The second-order valence-corrected chi connectivity index (χ2v) is 3.64. The number of methoxy groups -OCH3 is 1. The molecule has 0 spiro atoms. The van der Waals surface area contributed by atoms with Crippen molar-refractivity contribution < 1.29 is 23.8 Å². The summed E-state index contributed by atoms with van der Waals surface area (Å²) in [5.41, 5.74) is 0.831. The Morgan fingerprint density at radius 3 is 2.74 bits per heavy atom. The van der Waals surface area contributed by atoms with Gasteiger partial charge in [-0.15, -0.1) is 0 Å². The lowest BCUT2D eigenvalue weighted by Crippen LogP contribution is -1.96. The zero-order chi connectivity index (χ0) is 14.3. The van der Waals surface area contributed by atoms with Gasteiger partial charge in [0.15, 0.2) is 0 Å². The second-order valence-electron chi connectivity index (χ2n) is 3.64. The minimum Gasteiger partial charge on any atom is -0.478 e. The summed E-state index contributed by atoms with van der Waals surface area (Å²) in [6.45, 7) is 0. The lowest BCUT2D eigenvalue weighted by Gasteiger charge is -1.99.